The molecule has 2 aromatic heterocycles. The molecular weight excluding hydrogens is 198 g/mol. The Labute approximate surface area is 83.4 Å². The van der Waals surface area contributed by atoms with Crippen LogP contribution in [0.25, 0.3) is 11.0 Å². The van der Waals surface area contributed by atoms with Crippen LogP contribution in [-0.4, -0.2) is 21.0 Å². The van der Waals surface area contributed by atoms with Crippen molar-refractivity contribution in [2.45, 2.75) is 0 Å². The van der Waals surface area contributed by atoms with Crippen LogP contribution in [0.15, 0.2) is 23.1 Å². The van der Waals surface area contributed by atoms with Crippen molar-refractivity contribution in [3.63, 3.8) is 0 Å². The molecule has 0 saturated carbocycles. The minimum Gasteiger partial charge on any atom is -0.506 e. The Morgan fingerprint density at radius 3 is 2.93 bits per heavy atom. The van der Waals surface area contributed by atoms with E-state index in [1.807, 2.05) is 0 Å². The van der Waals surface area contributed by atoms with Crippen LogP contribution in [0.3, 0.4) is 0 Å². The van der Waals surface area contributed by atoms with Crippen molar-refractivity contribution in [3.8, 4) is 5.75 Å². The Balaban J connectivity index is 2.97. The summed E-state index contributed by atoms with van der Waals surface area (Å²) in [7, 11) is 0. The molecule has 0 spiro atoms. The summed E-state index contributed by atoms with van der Waals surface area (Å²) < 4.78 is 0. The first-order valence-electron chi connectivity index (χ1n) is 4.11. The molecular formula is C9H7N3O3. The quantitative estimate of drug-likeness (QED) is 0.595. The average Bonchev–Trinajstić information content (AvgIpc) is 2.17. The van der Waals surface area contributed by atoms with Crippen LogP contribution in [0, 0.1) is 0 Å². The summed E-state index contributed by atoms with van der Waals surface area (Å²) in [5.41, 5.74) is 3.99. The SMILES string of the molecule is NC(=O)c1c(O)c2cccnc2[nH]c1=O. The second-order valence-electron chi connectivity index (χ2n) is 2.94. The molecule has 4 N–H and O–H groups in total. The van der Waals surface area contributed by atoms with Crippen LogP contribution < -0.4 is 11.3 Å². The molecule has 0 bridgehead atoms. The summed E-state index contributed by atoms with van der Waals surface area (Å²) in [6.07, 6.45) is 1.46. The third kappa shape index (κ3) is 1.32. The number of carbonyl (C=O) groups excluding carboxylic acids is 1. The van der Waals surface area contributed by atoms with E-state index in [2.05, 4.69) is 9.97 Å². The van der Waals surface area contributed by atoms with Gasteiger partial charge in [0.1, 0.15) is 17.0 Å². The number of aromatic nitrogens is 2. The number of aromatic amines is 1. The van der Waals surface area contributed by atoms with E-state index in [1.165, 1.54) is 12.3 Å². The maximum absolute atomic E-state index is 11.3. The van der Waals surface area contributed by atoms with Gasteiger partial charge in [-0.1, -0.05) is 0 Å². The molecule has 0 aliphatic rings. The van der Waals surface area contributed by atoms with Gasteiger partial charge in [0, 0.05) is 6.20 Å². The lowest BCUT2D eigenvalue weighted by atomic mass is 10.2. The largest absolute Gasteiger partial charge is 0.506 e. The summed E-state index contributed by atoms with van der Waals surface area (Å²) in [6.45, 7) is 0. The lowest BCUT2D eigenvalue weighted by molar-refractivity contribution is 0.0996. The smallest absolute Gasteiger partial charge is 0.266 e. The molecule has 0 radical (unpaired) electrons. The fraction of sp³-hybridized carbons (Fsp3) is 0. The number of rotatable bonds is 1. The number of primary amides is 1. The van der Waals surface area contributed by atoms with Crippen LogP contribution in [0.1, 0.15) is 10.4 Å². The summed E-state index contributed by atoms with van der Waals surface area (Å²) in [5.74, 6) is -1.41. The predicted molar refractivity (Wildman–Crippen MR) is 52.5 cm³/mol. The maximum Gasteiger partial charge on any atom is 0.266 e. The lowest BCUT2D eigenvalue weighted by Crippen LogP contribution is -2.23. The Hall–Kier alpha value is -2.37. The molecule has 1 amide bonds. The summed E-state index contributed by atoms with van der Waals surface area (Å²) >= 11 is 0. The molecule has 2 aromatic rings. The molecule has 0 atom stereocenters. The number of fused-ring (bicyclic) bond motifs is 1. The maximum atomic E-state index is 11.3. The Morgan fingerprint density at radius 1 is 1.53 bits per heavy atom. The van der Waals surface area contributed by atoms with E-state index in [9.17, 15) is 14.7 Å². The first-order chi connectivity index (χ1) is 7.11. The fourth-order valence-electron chi connectivity index (χ4n) is 1.34. The van der Waals surface area contributed by atoms with Crippen molar-refractivity contribution in [1.29, 1.82) is 0 Å². The molecule has 6 heteroatoms. The number of nitrogens with two attached hydrogens (primary N) is 1. The summed E-state index contributed by atoms with van der Waals surface area (Å²) in [6, 6.07) is 3.10. The van der Waals surface area contributed by atoms with Gasteiger partial charge in [0.15, 0.2) is 0 Å². The molecule has 2 rings (SSSR count). The number of carbonyl (C=O) groups is 1. The minimum absolute atomic E-state index is 0.213. The van der Waals surface area contributed by atoms with Gasteiger partial charge in [-0.2, -0.15) is 0 Å². The zero-order valence-corrected chi connectivity index (χ0v) is 7.52. The van der Waals surface area contributed by atoms with Gasteiger partial charge >= 0.3 is 0 Å². The molecule has 6 nitrogen and oxygen atoms in total. The third-order valence-corrected chi connectivity index (χ3v) is 2.01. The Morgan fingerprint density at radius 2 is 2.27 bits per heavy atom. The van der Waals surface area contributed by atoms with Crippen molar-refractivity contribution < 1.29 is 9.90 Å². The van der Waals surface area contributed by atoms with Gasteiger partial charge in [-0.25, -0.2) is 4.98 Å². The monoisotopic (exact) mass is 205 g/mol. The van der Waals surface area contributed by atoms with Crippen molar-refractivity contribution >= 4 is 16.9 Å². The van der Waals surface area contributed by atoms with Gasteiger partial charge in [0.05, 0.1) is 5.39 Å². The molecule has 76 valence electrons. The Bertz CT molecular complexity index is 603. The number of aromatic hydroxyl groups is 1. The minimum atomic E-state index is -0.973. The van der Waals surface area contributed by atoms with Crippen LogP contribution >= 0.6 is 0 Å². The number of amides is 1. The highest BCUT2D eigenvalue weighted by Gasteiger charge is 2.16. The summed E-state index contributed by atoms with van der Waals surface area (Å²) in [4.78, 5) is 28.4. The van der Waals surface area contributed by atoms with Gasteiger partial charge in [-0.15, -0.1) is 0 Å². The van der Waals surface area contributed by atoms with E-state index in [-0.39, 0.29) is 11.0 Å². The number of pyridine rings is 2. The highest BCUT2D eigenvalue weighted by molar-refractivity contribution is 6.00. The number of H-pyrrole nitrogens is 1. The van der Waals surface area contributed by atoms with E-state index >= 15 is 0 Å². The zero-order valence-electron chi connectivity index (χ0n) is 7.52. The van der Waals surface area contributed by atoms with Crippen LogP contribution in [0.4, 0.5) is 0 Å². The van der Waals surface area contributed by atoms with E-state index in [0.29, 0.717) is 0 Å². The first kappa shape index (κ1) is 9.20. The van der Waals surface area contributed by atoms with Crippen molar-refractivity contribution in [2.24, 2.45) is 5.73 Å². The number of nitrogens with one attached hydrogen (secondary N) is 1. The normalized spacial score (nSPS) is 10.4. The molecule has 0 unspecified atom stereocenters. The van der Waals surface area contributed by atoms with Crippen molar-refractivity contribution in [1.82, 2.24) is 9.97 Å². The average molecular weight is 205 g/mol. The van der Waals surface area contributed by atoms with E-state index < -0.39 is 22.8 Å². The molecule has 0 fully saturated rings. The second kappa shape index (κ2) is 3.09. The van der Waals surface area contributed by atoms with Crippen molar-refractivity contribution in [2.75, 3.05) is 0 Å². The van der Waals surface area contributed by atoms with Gasteiger partial charge in [-0.05, 0) is 12.1 Å². The van der Waals surface area contributed by atoms with E-state index in [0.717, 1.165) is 0 Å². The van der Waals surface area contributed by atoms with Gasteiger partial charge in [0.25, 0.3) is 11.5 Å². The standard InChI is InChI=1S/C9H7N3O3/c10-7(14)5-6(13)4-2-1-3-11-8(4)12-9(5)15/h1-3H,(H2,10,14)(H2,11,12,13,15). The fourth-order valence-corrected chi connectivity index (χ4v) is 1.34. The molecule has 2 heterocycles. The lowest BCUT2D eigenvalue weighted by Gasteiger charge is -2.02. The van der Waals surface area contributed by atoms with Crippen LogP contribution in [-0.2, 0) is 0 Å². The van der Waals surface area contributed by atoms with E-state index in [4.69, 9.17) is 5.73 Å². The second-order valence-corrected chi connectivity index (χ2v) is 2.94. The third-order valence-electron chi connectivity index (χ3n) is 2.01. The van der Waals surface area contributed by atoms with Crippen LogP contribution in [0.5, 0.6) is 5.75 Å². The predicted octanol–water partition coefficient (Wildman–Crippen LogP) is -0.272. The zero-order chi connectivity index (χ0) is 11.0. The molecule has 0 saturated heterocycles. The van der Waals surface area contributed by atoms with Crippen LogP contribution in [0.2, 0.25) is 0 Å². The van der Waals surface area contributed by atoms with Gasteiger partial charge < -0.3 is 15.8 Å². The Kier molecular flexibility index (Phi) is 1.89. The molecule has 0 aliphatic carbocycles. The number of nitrogens with zero attached hydrogens (tertiary/aromatic N) is 1. The number of hydrogen-bond acceptors (Lipinski definition) is 4. The molecule has 0 aromatic carbocycles. The molecule has 15 heavy (non-hydrogen) atoms. The van der Waals surface area contributed by atoms with Gasteiger partial charge in [0.2, 0.25) is 0 Å². The summed E-state index contributed by atoms with van der Waals surface area (Å²) in [5, 5.41) is 9.92. The van der Waals surface area contributed by atoms with E-state index in [1.54, 1.807) is 6.07 Å². The highest BCUT2D eigenvalue weighted by atomic mass is 16.3. The topological polar surface area (TPSA) is 109 Å². The molecule has 0 aliphatic heterocycles. The number of hydrogen-bond donors (Lipinski definition) is 3. The first-order valence-corrected chi connectivity index (χ1v) is 4.11. The highest BCUT2D eigenvalue weighted by Crippen LogP contribution is 2.22. The van der Waals surface area contributed by atoms with Gasteiger partial charge in [-0.3, -0.25) is 9.59 Å². The van der Waals surface area contributed by atoms with Crippen molar-refractivity contribution in [3.05, 3.63) is 34.2 Å².